The molecule has 0 spiro atoms. The lowest BCUT2D eigenvalue weighted by Gasteiger charge is -2.23. The molecule has 2 aromatic carbocycles. The first-order valence-corrected chi connectivity index (χ1v) is 7.77. The van der Waals surface area contributed by atoms with E-state index >= 15 is 0 Å². The molecule has 0 radical (unpaired) electrons. The van der Waals surface area contributed by atoms with Crippen LogP contribution < -0.4 is 15.4 Å². The third-order valence-corrected chi connectivity index (χ3v) is 3.99. The van der Waals surface area contributed by atoms with Gasteiger partial charge in [-0.15, -0.1) is 0 Å². The van der Waals surface area contributed by atoms with Crippen LogP contribution in [0.2, 0.25) is 5.02 Å². The number of methoxy groups -OCH3 is 1. The first-order chi connectivity index (χ1) is 11.1. The highest BCUT2D eigenvalue weighted by Crippen LogP contribution is 2.31. The molecule has 2 rings (SSSR count). The fourth-order valence-electron chi connectivity index (χ4n) is 2.50. The van der Waals surface area contributed by atoms with Gasteiger partial charge in [-0.3, -0.25) is 4.79 Å². The minimum absolute atomic E-state index is 0.0902. The fraction of sp³-hybridized carbons (Fsp3) is 0.278. The molecule has 2 aromatic rings. The summed E-state index contributed by atoms with van der Waals surface area (Å²) in [6.07, 6.45) is 0. The van der Waals surface area contributed by atoms with Crippen molar-refractivity contribution in [1.82, 2.24) is 10.6 Å². The lowest BCUT2D eigenvalue weighted by Crippen LogP contribution is -2.36. The van der Waals surface area contributed by atoms with Crippen LogP contribution in [0.1, 0.15) is 22.7 Å². The predicted octanol–water partition coefficient (Wildman–Crippen LogP) is 3.08. The molecule has 0 saturated carbocycles. The zero-order chi connectivity index (χ0) is 16.8. The summed E-state index contributed by atoms with van der Waals surface area (Å²) in [7, 11) is 3.37. The number of halogens is 1. The molecule has 0 fully saturated rings. The second kappa shape index (κ2) is 7.99. The van der Waals surface area contributed by atoms with Gasteiger partial charge in [-0.25, -0.2) is 0 Å². The topological polar surface area (TPSA) is 50.4 Å². The van der Waals surface area contributed by atoms with E-state index < -0.39 is 0 Å². The summed E-state index contributed by atoms with van der Waals surface area (Å²) in [5, 5.41) is 6.52. The van der Waals surface area contributed by atoms with Crippen LogP contribution in [0.15, 0.2) is 42.5 Å². The van der Waals surface area contributed by atoms with Crippen molar-refractivity contribution in [1.29, 1.82) is 0 Å². The Balaban J connectivity index is 2.45. The lowest BCUT2D eigenvalue weighted by molar-refractivity contribution is -0.120. The van der Waals surface area contributed by atoms with Gasteiger partial charge in [-0.2, -0.15) is 0 Å². The number of aryl methyl sites for hydroxylation is 1. The van der Waals surface area contributed by atoms with Crippen LogP contribution >= 0.6 is 11.6 Å². The van der Waals surface area contributed by atoms with E-state index in [1.165, 1.54) is 0 Å². The van der Waals surface area contributed by atoms with E-state index in [4.69, 9.17) is 16.3 Å². The number of amides is 1. The summed E-state index contributed by atoms with van der Waals surface area (Å²) in [5.41, 5.74) is 2.88. The van der Waals surface area contributed by atoms with Crippen molar-refractivity contribution in [2.45, 2.75) is 13.0 Å². The van der Waals surface area contributed by atoms with Crippen LogP contribution in [0.25, 0.3) is 0 Å². The minimum atomic E-state index is -0.310. The molecule has 4 nitrogen and oxygen atoms in total. The molecule has 1 unspecified atom stereocenters. The van der Waals surface area contributed by atoms with Crippen molar-refractivity contribution in [3.05, 3.63) is 64.2 Å². The maximum absolute atomic E-state index is 12.1. The van der Waals surface area contributed by atoms with Gasteiger partial charge >= 0.3 is 0 Å². The normalized spacial score (nSPS) is 11.8. The number of nitrogens with one attached hydrogen (secondary N) is 2. The smallest absolute Gasteiger partial charge is 0.234 e. The van der Waals surface area contributed by atoms with Crippen LogP contribution in [0.5, 0.6) is 5.75 Å². The number of likely N-dealkylation sites (N-methyl/N-ethyl adjacent to an activating group) is 1. The Labute approximate surface area is 141 Å². The molecule has 1 amide bonds. The third kappa shape index (κ3) is 4.24. The molecule has 0 saturated heterocycles. The Kier molecular flexibility index (Phi) is 6.02. The van der Waals surface area contributed by atoms with Crippen LogP contribution in [-0.4, -0.2) is 26.6 Å². The first kappa shape index (κ1) is 17.3. The number of ether oxygens (including phenoxy) is 1. The van der Waals surface area contributed by atoms with Gasteiger partial charge in [0, 0.05) is 5.02 Å². The van der Waals surface area contributed by atoms with Crippen LogP contribution in [0.3, 0.4) is 0 Å². The quantitative estimate of drug-likeness (QED) is 0.854. The monoisotopic (exact) mass is 332 g/mol. The highest BCUT2D eigenvalue weighted by Gasteiger charge is 2.20. The predicted molar refractivity (Wildman–Crippen MR) is 93.1 cm³/mol. The average molecular weight is 333 g/mol. The number of hydrogen-bond donors (Lipinski definition) is 2. The molecule has 0 aliphatic rings. The van der Waals surface area contributed by atoms with Crippen molar-refractivity contribution >= 4 is 17.5 Å². The first-order valence-electron chi connectivity index (χ1n) is 7.39. The number of carbonyl (C=O) groups is 1. The Morgan fingerprint density at radius 3 is 2.57 bits per heavy atom. The Bertz CT molecular complexity index is 688. The SMILES string of the molecule is CNCC(=O)NC(c1ccc(OC)cc1C)c1ccccc1Cl. The van der Waals surface area contributed by atoms with E-state index in [0.717, 1.165) is 22.4 Å². The fourth-order valence-corrected chi connectivity index (χ4v) is 2.75. The zero-order valence-electron chi connectivity index (χ0n) is 13.5. The second-order valence-electron chi connectivity index (χ2n) is 5.27. The number of carbonyl (C=O) groups excluding carboxylic acids is 1. The van der Waals surface area contributed by atoms with Crippen molar-refractivity contribution in [3.63, 3.8) is 0 Å². The molecule has 0 heterocycles. The van der Waals surface area contributed by atoms with Gasteiger partial charge in [-0.05, 0) is 48.9 Å². The molecule has 0 aromatic heterocycles. The molecule has 5 heteroatoms. The number of benzene rings is 2. The van der Waals surface area contributed by atoms with Gasteiger partial charge in [0.05, 0.1) is 19.7 Å². The van der Waals surface area contributed by atoms with Gasteiger partial charge < -0.3 is 15.4 Å². The van der Waals surface area contributed by atoms with E-state index in [1.807, 2.05) is 49.4 Å². The molecule has 122 valence electrons. The molecule has 0 bridgehead atoms. The van der Waals surface area contributed by atoms with Gasteiger partial charge in [-0.1, -0.05) is 35.9 Å². The molecular formula is C18H21ClN2O2. The Hall–Kier alpha value is -2.04. The third-order valence-electron chi connectivity index (χ3n) is 3.65. The summed E-state index contributed by atoms with van der Waals surface area (Å²) in [4.78, 5) is 12.1. The van der Waals surface area contributed by atoms with E-state index in [0.29, 0.717) is 5.02 Å². The minimum Gasteiger partial charge on any atom is -0.497 e. The molecule has 2 N–H and O–H groups in total. The van der Waals surface area contributed by atoms with Gasteiger partial charge in [0.1, 0.15) is 5.75 Å². The van der Waals surface area contributed by atoms with E-state index in [1.54, 1.807) is 14.2 Å². The maximum atomic E-state index is 12.1. The lowest BCUT2D eigenvalue weighted by atomic mass is 9.94. The summed E-state index contributed by atoms with van der Waals surface area (Å²) >= 11 is 6.35. The van der Waals surface area contributed by atoms with Crippen LogP contribution in [0, 0.1) is 6.92 Å². The van der Waals surface area contributed by atoms with Gasteiger partial charge in [0.25, 0.3) is 0 Å². The Morgan fingerprint density at radius 1 is 1.22 bits per heavy atom. The second-order valence-corrected chi connectivity index (χ2v) is 5.68. The van der Waals surface area contributed by atoms with E-state index in [9.17, 15) is 4.79 Å². The zero-order valence-corrected chi connectivity index (χ0v) is 14.3. The van der Waals surface area contributed by atoms with Crippen LogP contribution in [-0.2, 0) is 4.79 Å². The standard InChI is InChI=1S/C18H21ClN2O2/c1-12-10-13(23-3)8-9-14(12)18(21-17(22)11-20-2)15-6-4-5-7-16(15)19/h4-10,18,20H,11H2,1-3H3,(H,21,22). The number of hydrogen-bond acceptors (Lipinski definition) is 3. The van der Waals surface area contributed by atoms with Crippen molar-refractivity contribution in [3.8, 4) is 5.75 Å². The van der Waals surface area contributed by atoms with Gasteiger partial charge in [0.2, 0.25) is 5.91 Å². The molecule has 23 heavy (non-hydrogen) atoms. The summed E-state index contributed by atoms with van der Waals surface area (Å²) in [6, 6.07) is 13.0. The van der Waals surface area contributed by atoms with Crippen molar-refractivity contribution < 1.29 is 9.53 Å². The highest BCUT2D eigenvalue weighted by atomic mass is 35.5. The summed E-state index contributed by atoms with van der Waals surface area (Å²) in [5.74, 6) is 0.693. The largest absolute Gasteiger partial charge is 0.497 e. The summed E-state index contributed by atoms with van der Waals surface area (Å²) in [6.45, 7) is 2.24. The van der Waals surface area contributed by atoms with E-state index in [-0.39, 0.29) is 18.5 Å². The average Bonchev–Trinajstić information content (AvgIpc) is 2.54. The maximum Gasteiger partial charge on any atom is 0.234 e. The number of rotatable bonds is 6. The van der Waals surface area contributed by atoms with E-state index in [2.05, 4.69) is 10.6 Å². The van der Waals surface area contributed by atoms with Crippen molar-refractivity contribution in [2.24, 2.45) is 0 Å². The molecule has 0 aliphatic heterocycles. The highest BCUT2D eigenvalue weighted by molar-refractivity contribution is 6.31. The van der Waals surface area contributed by atoms with Crippen LogP contribution in [0.4, 0.5) is 0 Å². The Morgan fingerprint density at radius 2 is 1.96 bits per heavy atom. The van der Waals surface area contributed by atoms with Gasteiger partial charge in [0.15, 0.2) is 0 Å². The summed E-state index contributed by atoms with van der Waals surface area (Å²) < 4.78 is 5.26. The molecule has 0 aliphatic carbocycles. The molecular weight excluding hydrogens is 312 g/mol. The van der Waals surface area contributed by atoms with Crippen molar-refractivity contribution in [2.75, 3.05) is 20.7 Å². The molecule has 1 atom stereocenters.